The third-order valence-corrected chi connectivity index (χ3v) is 5.48. The Morgan fingerprint density at radius 1 is 1.04 bits per heavy atom. The van der Waals surface area contributed by atoms with Crippen LogP contribution in [0.3, 0.4) is 0 Å². The van der Waals surface area contributed by atoms with Crippen LogP contribution in [0.4, 0.5) is 0 Å². The van der Waals surface area contributed by atoms with E-state index in [9.17, 15) is 18.0 Å². The Kier molecular flexibility index (Phi) is 7.31. The minimum atomic E-state index is -3.63. The smallest absolute Gasteiger partial charge is 0.338 e. The summed E-state index contributed by atoms with van der Waals surface area (Å²) in [6.45, 7) is 3.45. The summed E-state index contributed by atoms with van der Waals surface area (Å²) in [6.07, 6.45) is 0. The zero-order chi connectivity index (χ0) is 20.7. The van der Waals surface area contributed by atoms with Crippen molar-refractivity contribution in [3.05, 3.63) is 65.7 Å². The average Bonchev–Trinajstić information content (AvgIpc) is 2.65. The first-order chi connectivity index (χ1) is 13.2. The van der Waals surface area contributed by atoms with Gasteiger partial charge < -0.3 is 9.64 Å². The summed E-state index contributed by atoms with van der Waals surface area (Å²) < 4.78 is 31.7. The summed E-state index contributed by atoms with van der Waals surface area (Å²) in [5.74, 6) is -1.03. The number of carbonyl (C=O) groups is 2. The van der Waals surface area contributed by atoms with Crippen molar-refractivity contribution < 1.29 is 22.7 Å². The van der Waals surface area contributed by atoms with Crippen molar-refractivity contribution in [2.75, 3.05) is 13.7 Å². The molecule has 2 aromatic rings. The van der Waals surface area contributed by atoms with Crippen molar-refractivity contribution in [1.82, 2.24) is 9.62 Å². The molecule has 0 spiro atoms. The molecule has 1 amide bonds. The van der Waals surface area contributed by atoms with Gasteiger partial charge in [0.1, 0.15) is 0 Å². The molecule has 28 heavy (non-hydrogen) atoms. The number of amides is 1. The van der Waals surface area contributed by atoms with Gasteiger partial charge in [0, 0.05) is 19.6 Å². The van der Waals surface area contributed by atoms with Crippen molar-refractivity contribution in [1.29, 1.82) is 0 Å². The van der Waals surface area contributed by atoms with E-state index in [1.54, 1.807) is 20.9 Å². The van der Waals surface area contributed by atoms with Crippen LogP contribution in [0, 0.1) is 0 Å². The normalized spacial score (nSPS) is 11.3. The second kappa shape index (κ2) is 9.48. The number of esters is 1. The van der Waals surface area contributed by atoms with E-state index in [2.05, 4.69) is 4.72 Å². The lowest BCUT2D eigenvalue weighted by atomic mass is 10.2. The van der Waals surface area contributed by atoms with E-state index in [4.69, 9.17) is 4.74 Å². The zero-order valence-corrected chi connectivity index (χ0v) is 16.9. The van der Waals surface area contributed by atoms with Gasteiger partial charge in [-0.3, -0.25) is 4.79 Å². The highest BCUT2D eigenvalue weighted by Crippen LogP contribution is 2.12. The number of sulfonamides is 1. The molecule has 0 aliphatic heterocycles. The Balaban J connectivity index is 1.91. The van der Waals surface area contributed by atoms with E-state index in [1.165, 1.54) is 29.2 Å². The largest absolute Gasteiger partial charge is 0.452 e. The second-order valence-corrected chi connectivity index (χ2v) is 8.33. The van der Waals surface area contributed by atoms with Crippen molar-refractivity contribution in [2.45, 2.75) is 31.3 Å². The molecule has 2 aromatic carbocycles. The summed E-state index contributed by atoms with van der Waals surface area (Å²) in [4.78, 5) is 25.8. The predicted octanol–water partition coefficient (Wildman–Crippen LogP) is 2.19. The van der Waals surface area contributed by atoms with Crippen LogP contribution in [0.5, 0.6) is 0 Å². The lowest BCUT2D eigenvalue weighted by molar-refractivity contribution is -0.133. The Hall–Kier alpha value is -2.71. The number of nitrogens with zero attached hydrogens (tertiary/aromatic N) is 1. The SMILES string of the molecule is CC(C)NS(=O)(=O)c1ccc(C(=O)OCC(=O)N(C)Cc2ccccc2)cc1. The maximum absolute atomic E-state index is 12.1. The highest BCUT2D eigenvalue weighted by molar-refractivity contribution is 7.89. The summed E-state index contributed by atoms with van der Waals surface area (Å²) in [5.41, 5.74) is 1.14. The van der Waals surface area contributed by atoms with Crippen LogP contribution < -0.4 is 4.72 Å². The lowest BCUT2D eigenvalue weighted by Crippen LogP contribution is -2.31. The lowest BCUT2D eigenvalue weighted by Gasteiger charge is -2.17. The first-order valence-electron chi connectivity index (χ1n) is 8.76. The minimum Gasteiger partial charge on any atom is -0.452 e. The quantitative estimate of drug-likeness (QED) is 0.681. The van der Waals surface area contributed by atoms with Crippen LogP contribution in [0.25, 0.3) is 0 Å². The Bertz CT molecular complexity index is 909. The van der Waals surface area contributed by atoms with Gasteiger partial charge in [-0.2, -0.15) is 0 Å². The van der Waals surface area contributed by atoms with Crippen LogP contribution in [-0.2, 0) is 26.1 Å². The molecule has 0 saturated carbocycles. The highest BCUT2D eigenvalue weighted by atomic mass is 32.2. The topological polar surface area (TPSA) is 92.8 Å². The molecule has 0 aromatic heterocycles. The summed E-state index contributed by atoms with van der Waals surface area (Å²) >= 11 is 0. The maximum atomic E-state index is 12.1. The third kappa shape index (κ3) is 6.17. The van der Waals surface area contributed by atoms with Gasteiger partial charge in [-0.1, -0.05) is 30.3 Å². The minimum absolute atomic E-state index is 0.0522. The summed E-state index contributed by atoms with van der Waals surface area (Å²) in [5, 5.41) is 0. The number of benzene rings is 2. The molecule has 0 unspecified atom stereocenters. The van der Waals surface area contributed by atoms with E-state index >= 15 is 0 Å². The molecule has 8 heteroatoms. The van der Waals surface area contributed by atoms with E-state index in [0.29, 0.717) is 6.54 Å². The number of hydrogen-bond donors (Lipinski definition) is 1. The molecule has 0 heterocycles. The fourth-order valence-electron chi connectivity index (χ4n) is 2.41. The molecule has 0 atom stereocenters. The van der Waals surface area contributed by atoms with Crippen LogP contribution in [0.2, 0.25) is 0 Å². The molecule has 0 fully saturated rings. The fraction of sp³-hybridized carbons (Fsp3) is 0.300. The van der Waals surface area contributed by atoms with E-state index < -0.39 is 22.6 Å². The van der Waals surface area contributed by atoms with Crippen molar-refractivity contribution in [2.24, 2.45) is 0 Å². The van der Waals surface area contributed by atoms with Crippen LogP contribution in [-0.4, -0.2) is 44.9 Å². The molecular weight excluding hydrogens is 380 g/mol. The molecular formula is C20H24N2O5S. The molecule has 7 nitrogen and oxygen atoms in total. The molecule has 150 valence electrons. The molecule has 0 radical (unpaired) electrons. The first kappa shape index (κ1) is 21.6. The van der Waals surface area contributed by atoms with E-state index in [-0.39, 0.29) is 22.4 Å². The fourth-order valence-corrected chi connectivity index (χ4v) is 3.67. The van der Waals surface area contributed by atoms with Gasteiger partial charge in [0.05, 0.1) is 10.5 Å². The van der Waals surface area contributed by atoms with Crippen LogP contribution >= 0.6 is 0 Å². The number of likely N-dealkylation sites (N-methyl/N-ethyl adjacent to an activating group) is 1. The summed E-state index contributed by atoms with van der Waals surface area (Å²) in [7, 11) is -2.00. The second-order valence-electron chi connectivity index (χ2n) is 6.61. The van der Waals surface area contributed by atoms with Gasteiger partial charge in [-0.15, -0.1) is 0 Å². The average molecular weight is 404 g/mol. The number of ether oxygens (including phenoxy) is 1. The van der Waals surface area contributed by atoms with Gasteiger partial charge >= 0.3 is 5.97 Å². The monoisotopic (exact) mass is 404 g/mol. The predicted molar refractivity (Wildman–Crippen MR) is 105 cm³/mol. The molecule has 0 aliphatic carbocycles. The van der Waals surface area contributed by atoms with Crippen LogP contribution in [0.1, 0.15) is 29.8 Å². The number of rotatable bonds is 8. The van der Waals surface area contributed by atoms with Gasteiger partial charge in [0.25, 0.3) is 5.91 Å². The Morgan fingerprint density at radius 3 is 2.21 bits per heavy atom. The molecule has 2 rings (SSSR count). The Morgan fingerprint density at radius 2 is 1.64 bits per heavy atom. The van der Waals surface area contributed by atoms with Crippen molar-refractivity contribution in [3.63, 3.8) is 0 Å². The number of hydrogen-bond acceptors (Lipinski definition) is 5. The molecule has 1 N–H and O–H groups in total. The molecule has 0 aliphatic rings. The van der Waals surface area contributed by atoms with E-state index in [0.717, 1.165) is 5.56 Å². The third-order valence-electron chi connectivity index (χ3n) is 3.81. The maximum Gasteiger partial charge on any atom is 0.338 e. The standard InChI is InChI=1S/C20H24N2O5S/c1-15(2)21-28(25,26)18-11-9-17(10-12-18)20(24)27-14-19(23)22(3)13-16-7-5-4-6-8-16/h4-12,15,21H,13-14H2,1-3H3. The Labute approximate surface area is 165 Å². The number of nitrogens with one attached hydrogen (secondary N) is 1. The molecule has 0 bridgehead atoms. The van der Waals surface area contributed by atoms with Crippen molar-refractivity contribution >= 4 is 21.9 Å². The summed E-state index contributed by atoms with van der Waals surface area (Å²) in [6, 6.07) is 14.6. The molecule has 0 saturated heterocycles. The highest BCUT2D eigenvalue weighted by Gasteiger charge is 2.17. The van der Waals surface area contributed by atoms with Gasteiger partial charge in [0.15, 0.2) is 6.61 Å². The van der Waals surface area contributed by atoms with Crippen molar-refractivity contribution in [3.8, 4) is 0 Å². The van der Waals surface area contributed by atoms with Gasteiger partial charge in [0.2, 0.25) is 10.0 Å². The van der Waals surface area contributed by atoms with Crippen LogP contribution in [0.15, 0.2) is 59.5 Å². The van der Waals surface area contributed by atoms with Gasteiger partial charge in [-0.25, -0.2) is 17.9 Å². The first-order valence-corrected chi connectivity index (χ1v) is 10.2. The zero-order valence-electron chi connectivity index (χ0n) is 16.1. The van der Waals surface area contributed by atoms with Gasteiger partial charge in [-0.05, 0) is 43.7 Å². The number of carbonyl (C=O) groups excluding carboxylic acids is 2. The van der Waals surface area contributed by atoms with E-state index in [1.807, 2.05) is 30.3 Å².